The van der Waals surface area contributed by atoms with Crippen LogP contribution >= 0.6 is 23.2 Å². The molecule has 4 heterocycles. The first-order valence-electron chi connectivity index (χ1n) is 9.57. The Morgan fingerprint density at radius 2 is 1.37 bits per heavy atom. The number of piperidine rings is 2. The summed E-state index contributed by atoms with van der Waals surface area (Å²) in [4.78, 5) is 22.0. The van der Waals surface area contributed by atoms with Crippen molar-refractivity contribution in [2.24, 2.45) is 11.8 Å². The Morgan fingerprint density at radius 3 is 1.96 bits per heavy atom. The van der Waals surface area contributed by atoms with Crippen molar-refractivity contribution in [3.8, 4) is 0 Å². The first kappa shape index (κ1) is 18.7. The number of nitrogens with zero attached hydrogens (tertiary/aromatic N) is 6. The zero-order valence-corrected chi connectivity index (χ0v) is 17.0. The van der Waals surface area contributed by atoms with Crippen molar-refractivity contribution >= 4 is 35.0 Å². The highest BCUT2D eigenvalue weighted by molar-refractivity contribution is 6.32. The summed E-state index contributed by atoms with van der Waals surface area (Å²) in [6.07, 6.45) is 9.84. The standard InChI is InChI=1S/C19H24Cl2N6/c1-13-22-12-17(21)18(25-13)26-6-2-14(3-7-26)15-4-8-27(9-5-15)19-23-10-16(20)11-24-19/h10-12,14-15H,2-9H2,1H3. The zero-order chi connectivity index (χ0) is 18.8. The minimum Gasteiger partial charge on any atom is -0.355 e. The van der Waals surface area contributed by atoms with Crippen LogP contribution in [0.15, 0.2) is 18.6 Å². The van der Waals surface area contributed by atoms with Crippen LogP contribution in [0.5, 0.6) is 0 Å². The smallest absolute Gasteiger partial charge is 0.225 e. The molecule has 2 fully saturated rings. The zero-order valence-electron chi connectivity index (χ0n) is 15.5. The van der Waals surface area contributed by atoms with E-state index in [1.54, 1.807) is 18.6 Å². The van der Waals surface area contributed by atoms with Gasteiger partial charge in [-0.15, -0.1) is 0 Å². The SMILES string of the molecule is Cc1ncc(Cl)c(N2CCC(C3CCN(c4ncc(Cl)cn4)CC3)CC2)n1. The topological polar surface area (TPSA) is 58.0 Å². The quantitative estimate of drug-likeness (QED) is 0.766. The van der Waals surface area contributed by atoms with Gasteiger partial charge >= 0.3 is 0 Å². The van der Waals surface area contributed by atoms with E-state index in [9.17, 15) is 0 Å². The van der Waals surface area contributed by atoms with E-state index in [0.29, 0.717) is 10.0 Å². The van der Waals surface area contributed by atoms with Gasteiger partial charge in [0, 0.05) is 26.2 Å². The van der Waals surface area contributed by atoms with Gasteiger partial charge in [0.25, 0.3) is 0 Å². The van der Waals surface area contributed by atoms with Crippen molar-refractivity contribution in [1.29, 1.82) is 0 Å². The van der Waals surface area contributed by atoms with Crippen molar-refractivity contribution in [3.63, 3.8) is 0 Å². The van der Waals surface area contributed by atoms with Gasteiger partial charge in [-0.1, -0.05) is 23.2 Å². The molecular weight excluding hydrogens is 383 g/mol. The highest BCUT2D eigenvalue weighted by atomic mass is 35.5. The maximum absolute atomic E-state index is 6.31. The lowest BCUT2D eigenvalue weighted by atomic mass is 9.79. The Kier molecular flexibility index (Phi) is 5.64. The maximum atomic E-state index is 6.31. The van der Waals surface area contributed by atoms with Crippen molar-refractivity contribution in [3.05, 3.63) is 34.5 Å². The van der Waals surface area contributed by atoms with E-state index in [1.165, 1.54) is 25.7 Å². The van der Waals surface area contributed by atoms with E-state index in [-0.39, 0.29) is 0 Å². The second kappa shape index (κ2) is 8.15. The Bertz CT molecular complexity index is 768. The normalized spacial score (nSPS) is 19.5. The van der Waals surface area contributed by atoms with E-state index in [2.05, 4.69) is 29.7 Å². The molecule has 0 atom stereocenters. The predicted molar refractivity (Wildman–Crippen MR) is 109 cm³/mol. The molecular formula is C19H24Cl2N6. The monoisotopic (exact) mass is 406 g/mol. The third-order valence-corrected chi connectivity index (χ3v) is 6.24. The largest absolute Gasteiger partial charge is 0.355 e. The lowest BCUT2D eigenvalue weighted by molar-refractivity contribution is 0.232. The summed E-state index contributed by atoms with van der Waals surface area (Å²) in [6, 6.07) is 0. The highest BCUT2D eigenvalue weighted by Gasteiger charge is 2.31. The van der Waals surface area contributed by atoms with Crippen molar-refractivity contribution in [1.82, 2.24) is 19.9 Å². The maximum Gasteiger partial charge on any atom is 0.225 e. The van der Waals surface area contributed by atoms with Crippen LogP contribution in [0, 0.1) is 18.8 Å². The van der Waals surface area contributed by atoms with Crippen LogP contribution in [0.1, 0.15) is 31.5 Å². The molecule has 0 N–H and O–H groups in total. The molecule has 8 heteroatoms. The molecule has 6 nitrogen and oxygen atoms in total. The van der Waals surface area contributed by atoms with E-state index in [4.69, 9.17) is 23.2 Å². The van der Waals surface area contributed by atoms with Crippen LogP contribution in [0.25, 0.3) is 0 Å². The molecule has 2 saturated heterocycles. The minimum atomic E-state index is 0.583. The molecule has 0 aromatic carbocycles. The number of anilines is 2. The second-order valence-electron chi connectivity index (χ2n) is 7.44. The first-order valence-corrected chi connectivity index (χ1v) is 10.3. The fraction of sp³-hybridized carbons (Fsp3) is 0.579. The van der Waals surface area contributed by atoms with E-state index in [0.717, 1.165) is 55.6 Å². The van der Waals surface area contributed by atoms with Crippen LogP contribution in [0.4, 0.5) is 11.8 Å². The minimum absolute atomic E-state index is 0.583. The number of aryl methyl sites for hydroxylation is 1. The lowest BCUT2D eigenvalue weighted by Gasteiger charge is -2.40. The Morgan fingerprint density at radius 1 is 0.815 bits per heavy atom. The van der Waals surface area contributed by atoms with Crippen molar-refractivity contribution in [2.45, 2.75) is 32.6 Å². The molecule has 0 spiro atoms. The Hall–Kier alpha value is -1.66. The van der Waals surface area contributed by atoms with Gasteiger partial charge in [-0.2, -0.15) is 0 Å². The number of rotatable bonds is 3. The summed E-state index contributed by atoms with van der Waals surface area (Å²) < 4.78 is 0. The Labute approximate surface area is 169 Å². The number of halogens is 2. The summed E-state index contributed by atoms with van der Waals surface area (Å²) in [5.41, 5.74) is 0. The molecule has 2 aromatic heterocycles. The first-order chi connectivity index (χ1) is 13.1. The fourth-order valence-corrected chi connectivity index (χ4v) is 4.60. The summed E-state index contributed by atoms with van der Waals surface area (Å²) in [7, 11) is 0. The fourth-order valence-electron chi connectivity index (χ4n) is 4.29. The molecule has 144 valence electrons. The van der Waals surface area contributed by atoms with Gasteiger partial charge in [0.1, 0.15) is 10.8 Å². The summed E-state index contributed by atoms with van der Waals surface area (Å²) >= 11 is 12.2. The predicted octanol–water partition coefficient (Wildman–Crippen LogP) is 4.01. The second-order valence-corrected chi connectivity index (χ2v) is 8.28. The molecule has 0 unspecified atom stereocenters. The van der Waals surface area contributed by atoms with Crippen LogP contribution in [0.2, 0.25) is 10.0 Å². The van der Waals surface area contributed by atoms with Gasteiger partial charge in [0.15, 0.2) is 5.82 Å². The van der Waals surface area contributed by atoms with Crippen LogP contribution < -0.4 is 9.80 Å². The summed E-state index contributed by atoms with van der Waals surface area (Å²) in [6.45, 7) is 5.97. The molecule has 0 saturated carbocycles. The molecule has 2 aromatic rings. The number of aromatic nitrogens is 4. The summed E-state index contributed by atoms with van der Waals surface area (Å²) in [5, 5.41) is 1.23. The van der Waals surface area contributed by atoms with E-state index < -0.39 is 0 Å². The van der Waals surface area contributed by atoms with Crippen LogP contribution in [-0.2, 0) is 0 Å². The van der Waals surface area contributed by atoms with Crippen molar-refractivity contribution in [2.75, 3.05) is 36.0 Å². The third kappa shape index (κ3) is 4.27. The van der Waals surface area contributed by atoms with Crippen LogP contribution in [-0.4, -0.2) is 46.1 Å². The molecule has 0 radical (unpaired) electrons. The summed E-state index contributed by atoms with van der Waals surface area (Å²) in [5.74, 6) is 4.00. The van der Waals surface area contributed by atoms with E-state index >= 15 is 0 Å². The van der Waals surface area contributed by atoms with Gasteiger partial charge in [0.05, 0.1) is 23.6 Å². The van der Waals surface area contributed by atoms with E-state index in [1.807, 2.05) is 6.92 Å². The van der Waals surface area contributed by atoms with Gasteiger partial charge in [0.2, 0.25) is 5.95 Å². The third-order valence-electron chi connectivity index (χ3n) is 5.78. The molecule has 0 aliphatic carbocycles. The number of hydrogen-bond acceptors (Lipinski definition) is 6. The average Bonchev–Trinajstić information content (AvgIpc) is 2.71. The van der Waals surface area contributed by atoms with Gasteiger partial charge in [-0.3, -0.25) is 0 Å². The molecule has 0 bridgehead atoms. The molecule has 2 aliphatic heterocycles. The Balaban J connectivity index is 1.30. The van der Waals surface area contributed by atoms with Gasteiger partial charge < -0.3 is 9.80 Å². The van der Waals surface area contributed by atoms with Gasteiger partial charge in [-0.25, -0.2) is 19.9 Å². The molecule has 27 heavy (non-hydrogen) atoms. The number of hydrogen-bond donors (Lipinski definition) is 0. The highest BCUT2D eigenvalue weighted by Crippen LogP contribution is 2.35. The molecule has 0 amide bonds. The average molecular weight is 407 g/mol. The lowest BCUT2D eigenvalue weighted by Crippen LogP contribution is -2.41. The van der Waals surface area contributed by atoms with Crippen molar-refractivity contribution < 1.29 is 0 Å². The molecule has 2 aliphatic rings. The molecule has 4 rings (SSSR count). The van der Waals surface area contributed by atoms with Gasteiger partial charge in [-0.05, 0) is 44.4 Å². The van der Waals surface area contributed by atoms with Crippen LogP contribution in [0.3, 0.4) is 0 Å².